The van der Waals surface area contributed by atoms with Crippen molar-refractivity contribution in [2.24, 2.45) is 0 Å². The Morgan fingerprint density at radius 3 is 2.62 bits per heavy atom. The van der Waals surface area contributed by atoms with Gasteiger partial charge in [-0.1, -0.05) is 0 Å². The molecule has 0 saturated carbocycles. The molecule has 9 heteroatoms. The molecule has 0 radical (unpaired) electrons. The van der Waals surface area contributed by atoms with E-state index in [-0.39, 0.29) is 22.8 Å². The van der Waals surface area contributed by atoms with E-state index in [2.05, 4.69) is 30.1 Å². The van der Waals surface area contributed by atoms with E-state index in [9.17, 15) is 9.59 Å². The minimum Gasteiger partial charge on any atom is -0.368 e. The van der Waals surface area contributed by atoms with E-state index in [4.69, 9.17) is 0 Å². The summed E-state index contributed by atoms with van der Waals surface area (Å²) in [5.74, 6) is -0.586. The minimum absolute atomic E-state index is 0.187. The first-order chi connectivity index (χ1) is 15.5. The molecule has 1 aliphatic carbocycles. The molecule has 5 rings (SSSR count). The van der Waals surface area contributed by atoms with Gasteiger partial charge in [0.05, 0.1) is 17.4 Å². The molecule has 2 N–H and O–H groups in total. The predicted octanol–water partition coefficient (Wildman–Crippen LogP) is 1.63. The lowest BCUT2D eigenvalue weighted by molar-refractivity contribution is 0.0958. The van der Waals surface area contributed by atoms with Gasteiger partial charge in [0, 0.05) is 57.1 Å². The highest BCUT2D eigenvalue weighted by atomic mass is 19.1. The van der Waals surface area contributed by atoms with Gasteiger partial charge in [0.25, 0.3) is 11.5 Å². The van der Waals surface area contributed by atoms with Crippen LogP contribution in [0.15, 0.2) is 29.3 Å². The Balaban J connectivity index is 1.28. The Bertz CT molecular complexity index is 1230. The maximum absolute atomic E-state index is 15.3. The number of aryl methyl sites for hydroxylation is 1. The molecule has 32 heavy (non-hydrogen) atoms. The summed E-state index contributed by atoms with van der Waals surface area (Å²) >= 11 is 0. The van der Waals surface area contributed by atoms with Gasteiger partial charge in [-0.2, -0.15) is 0 Å². The molecule has 3 aromatic rings. The quantitative estimate of drug-likeness (QED) is 0.646. The molecule has 1 amide bonds. The van der Waals surface area contributed by atoms with Crippen molar-refractivity contribution in [2.45, 2.75) is 25.8 Å². The number of halogens is 1. The molecule has 1 saturated heterocycles. The molecular formula is C23H25FN6O2. The Morgan fingerprint density at radius 2 is 1.91 bits per heavy atom. The fourth-order valence-electron chi connectivity index (χ4n) is 4.67. The highest BCUT2D eigenvalue weighted by molar-refractivity contribution is 5.92. The maximum atomic E-state index is 15.3. The second kappa shape index (κ2) is 8.31. The fraction of sp³-hybridized carbons (Fsp3) is 0.391. The van der Waals surface area contributed by atoms with E-state index in [1.165, 1.54) is 0 Å². The number of rotatable bonds is 4. The number of aromatic nitrogens is 3. The second-order valence-electron chi connectivity index (χ2n) is 8.33. The molecule has 8 nitrogen and oxygen atoms in total. The molecule has 1 fully saturated rings. The van der Waals surface area contributed by atoms with Crippen molar-refractivity contribution in [1.29, 1.82) is 0 Å². The van der Waals surface area contributed by atoms with Crippen LogP contribution in [0.1, 0.15) is 33.6 Å². The van der Waals surface area contributed by atoms with Gasteiger partial charge in [0.2, 0.25) is 0 Å². The predicted molar refractivity (Wildman–Crippen MR) is 119 cm³/mol. The lowest BCUT2D eigenvalue weighted by atomic mass is 10.1. The van der Waals surface area contributed by atoms with Crippen LogP contribution in [-0.4, -0.2) is 59.0 Å². The van der Waals surface area contributed by atoms with E-state index in [1.807, 2.05) is 6.07 Å². The summed E-state index contributed by atoms with van der Waals surface area (Å²) in [7, 11) is 1.58. The number of nitrogens with one attached hydrogen (secondary N) is 2. The van der Waals surface area contributed by atoms with Crippen molar-refractivity contribution < 1.29 is 9.18 Å². The van der Waals surface area contributed by atoms with Crippen molar-refractivity contribution in [3.8, 4) is 0 Å². The van der Waals surface area contributed by atoms with Gasteiger partial charge in [-0.05, 0) is 37.0 Å². The zero-order valence-electron chi connectivity index (χ0n) is 17.9. The fourth-order valence-corrected chi connectivity index (χ4v) is 4.67. The lowest BCUT2D eigenvalue weighted by Gasteiger charge is -2.36. The van der Waals surface area contributed by atoms with Gasteiger partial charge in [-0.15, -0.1) is 0 Å². The highest BCUT2D eigenvalue weighted by Crippen LogP contribution is 2.27. The number of hydrogen-bond donors (Lipinski definition) is 2. The van der Waals surface area contributed by atoms with Crippen LogP contribution in [0, 0.1) is 5.82 Å². The number of nitrogens with zero attached hydrogens (tertiary/aromatic N) is 4. The number of pyridine rings is 3. The molecule has 0 unspecified atom stereocenters. The number of amides is 1. The van der Waals surface area contributed by atoms with Crippen molar-refractivity contribution in [3.63, 3.8) is 0 Å². The number of piperazine rings is 1. The van der Waals surface area contributed by atoms with Crippen LogP contribution in [0.25, 0.3) is 11.0 Å². The molecular weight excluding hydrogens is 411 g/mol. The smallest absolute Gasteiger partial charge is 0.269 e. The number of carbonyl (C=O) groups excluding carboxylic acids is 1. The first-order valence-electron chi connectivity index (χ1n) is 10.9. The van der Waals surface area contributed by atoms with Gasteiger partial charge in [0.15, 0.2) is 5.82 Å². The van der Waals surface area contributed by atoms with Gasteiger partial charge in [0.1, 0.15) is 11.2 Å². The third kappa shape index (κ3) is 3.62. The topological polar surface area (TPSA) is 94.2 Å². The van der Waals surface area contributed by atoms with Crippen molar-refractivity contribution in [1.82, 2.24) is 25.2 Å². The van der Waals surface area contributed by atoms with E-state index in [0.717, 1.165) is 62.3 Å². The number of carbonyl (C=O) groups is 1. The third-order valence-electron chi connectivity index (χ3n) is 6.44. The second-order valence-corrected chi connectivity index (χ2v) is 8.33. The monoisotopic (exact) mass is 436 g/mol. The SMILES string of the molecule is CNC(=O)c1ccc(N2CCN(Cc3cnc4c5c(c(=O)[nH]c4c3F)CCC5)CC2)cn1. The molecule has 4 heterocycles. The average Bonchev–Trinajstić information content (AvgIpc) is 3.32. The first-order valence-corrected chi connectivity index (χ1v) is 10.9. The highest BCUT2D eigenvalue weighted by Gasteiger charge is 2.23. The molecule has 1 aliphatic heterocycles. The van der Waals surface area contributed by atoms with Gasteiger partial charge >= 0.3 is 0 Å². The van der Waals surface area contributed by atoms with E-state index >= 15 is 4.39 Å². The number of aromatic amines is 1. The number of anilines is 1. The summed E-state index contributed by atoms with van der Waals surface area (Å²) in [6.45, 7) is 3.50. The van der Waals surface area contributed by atoms with Crippen LogP contribution in [0.3, 0.4) is 0 Å². The Labute approximate surface area is 184 Å². The maximum Gasteiger partial charge on any atom is 0.269 e. The average molecular weight is 436 g/mol. The van der Waals surface area contributed by atoms with Crippen LogP contribution in [0.5, 0.6) is 0 Å². The zero-order valence-corrected chi connectivity index (χ0v) is 17.9. The Hall–Kier alpha value is -3.33. The van der Waals surface area contributed by atoms with Crippen LogP contribution in [0.4, 0.5) is 10.1 Å². The molecule has 0 bridgehead atoms. The third-order valence-corrected chi connectivity index (χ3v) is 6.44. The van der Waals surface area contributed by atoms with Gasteiger partial charge in [-0.25, -0.2) is 9.37 Å². The first kappa shape index (κ1) is 20.6. The van der Waals surface area contributed by atoms with E-state index < -0.39 is 0 Å². The summed E-state index contributed by atoms with van der Waals surface area (Å²) in [4.78, 5) is 39.8. The van der Waals surface area contributed by atoms with Crippen molar-refractivity contribution in [3.05, 3.63) is 63.1 Å². The summed E-state index contributed by atoms with van der Waals surface area (Å²) < 4.78 is 15.3. The number of H-pyrrole nitrogens is 1. The van der Waals surface area contributed by atoms with E-state index in [1.54, 1.807) is 25.5 Å². The number of fused-ring (bicyclic) bond motifs is 3. The van der Waals surface area contributed by atoms with Crippen LogP contribution < -0.4 is 15.8 Å². The molecule has 0 atom stereocenters. The van der Waals surface area contributed by atoms with Crippen LogP contribution in [0.2, 0.25) is 0 Å². The van der Waals surface area contributed by atoms with Crippen molar-refractivity contribution >= 4 is 22.6 Å². The van der Waals surface area contributed by atoms with Gasteiger partial charge < -0.3 is 15.2 Å². The lowest BCUT2D eigenvalue weighted by Crippen LogP contribution is -2.46. The van der Waals surface area contributed by atoms with Crippen molar-refractivity contribution in [2.75, 3.05) is 38.1 Å². The van der Waals surface area contributed by atoms with E-state index in [0.29, 0.717) is 23.3 Å². The Kier molecular flexibility index (Phi) is 5.34. The zero-order chi connectivity index (χ0) is 22.2. The summed E-state index contributed by atoms with van der Waals surface area (Å²) in [5, 5.41) is 2.56. The molecule has 166 valence electrons. The normalized spacial score (nSPS) is 16.4. The molecule has 0 spiro atoms. The van der Waals surface area contributed by atoms with Gasteiger partial charge in [-0.3, -0.25) is 19.5 Å². The number of hydrogen-bond acceptors (Lipinski definition) is 6. The van der Waals surface area contributed by atoms with Crippen LogP contribution >= 0.6 is 0 Å². The molecule has 3 aromatic heterocycles. The summed E-state index contributed by atoms with van der Waals surface area (Å²) in [6.07, 6.45) is 5.75. The standard InChI is InChI=1S/C23H25FN6O2/c1-25-23(32)18-6-5-15(12-26-18)30-9-7-29(8-10-30)13-14-11-27-20-16-3-2-4-17(16)22(31)28-21(20)19(14)24/h5-6,11-12H,2-4,7-10,13H2,1H3,(H,25,32)(H,28,31). The Morgan fingerprint density at radius 1 is 1.12 bits per heavy atom. The largest absolute Gasteiger partial charge is 0.368 e. The minimum atomic E-state index is -0.377. The molecule has 2 aliphatic rings. The summed E-state index contributed by atoms with van der Waals surface area (Å²) in [6, 6.07) is 3.61. The molecule has 0 aromatic carbocycles. The summed E-state index contributed by atoms with van der Waals surface area (Å²) in [5.41, 5.74) is 4.14. The van der Waals surface area contributed by atoms with Crippen LogP contribution in [-0.2, 0) is 19.4 Å².